The van der Waals surface area contributed by atoms with E-state index in [4.69, 9.17) is 0 Å². The molecule has 3 fully saturated rings. The predicted octanol–water partition coefficient (Wildman–Crippen LogP) is 2.59. The van der Waals surface area contributed by atoms with E-state index in [0.29, 0.717) is 31.2 Å². The molecule has 2 unspecified atom stereocenters. The van der Waals surface area contributed by atoms with Crippen LogP contribution in [0.4, 0.5) is 0 Å². The number of carbonyl (C=O) groups excluding carboxylic acids is 3. The van der Waals surface area contributed by atoms with Crippen LogP contribution in [0.25, 0.3) is 0 Å². The van der Waals surface area contributed by atoms with Gasteiger partial charge in [0.05, 0.1) is 22.9 Å². The number of fused-ring (bicyclic) bond motifs is 1. The second kappa shape index (κ2) is 14.1. The van der Waals surface area contributed by atoms with E-state index in [1.54, 1.807) is 0 Å². The number of rotatable bonds is 12. The first-order valence-electron chi connectivity index (χ1n) is 16.5. The molecule has 10 nitrogen and oxygen atoms in total. The van der Waals surface area contributed by atoms with Crippen molar-refractivity contribution >= 4 is 27.6 Å². The van der Waals surface area contributed by atoms with Gasteiger partial charge in [0.15, 0.2) is 9.84 Å². The summed E-state index contributed by atoms with van der Waals surface area (Å²) in [5, 5.41) is 20.6. The van der Waals surface area contributed by atoms with Crippen molar-refractivity contribution in [3.8, 4) is 0 Å². The number of likely N-dealkylation sites (tertiary alicyclic amines) is 1. The highest BCUT2D eigenvalue weighted by Gasteiger charge is 2.47. The van der Waals surface area contributed by atoms with Crippen LogP contribution < -0.4 is 16.0 Å². The van der Waals surface area contributed by atoms with Gasteiger partial charge in [-0.1, -0.05) is 49.6 Å². The molecule has 0 bridgehead atoms. The van der Waals surface area contributed by atoms with Crippen LogP contribution >= 0.6 is 0 Å². The van der Waals surface area contributed by atoms with Crippen LogP contribution in [0.15, 0.2) is 30.3 Å². The van der Waals surface area contributed by atoms with Gasteiger partial charge in [0.1, 0.15) is 6.04 Å². The summed E-state index contributed by atoms with van der Waals surface area (Å²) < 4.78 is 24.1. The minimum absolute atomic E-state index is 0.0554. The van der Waals surface area contributed by atoms with Crippen molar-refractivity contribution in [2.75, 3.05) is 19.3 Å². The summed E-state index contributed by atoms with van der Waals surface area (Å²) in [5.74, 6) is -0.357. The molecule has 2 aliphatic carbocycles. The average Bonchev–Trinajstić information content (AvgIpc) is 3.80. The molecular weight excluding hydrogens is 592 g/mol. The Balaban J connectivity index is 1.60. The molecule has 3 amide bonds. The summed E-state index contributed by atoms with van der Waals surface area (Å²) in [6, 6.07) is 6.91. The van der Waals surface area contributed by atoms with E-state index in [1.807, 2.05) is 51.1 Å². The van der Waals surface area contributed by atoms with Crippen LogP contribution in [0.1, 0.15) is 85.1 Å². The lowest BCUT2D eigenvalue weighted by Gasteiger charge is -2.47. The first kappa shape index (κ1) is 35.4. The van der Waals surface area contributed by atoms with Gasteiger partial charge < -0.3 is 21.1 Å². The van der Waals surface area contributed by atoms with Gasteiger partial charge in [0.25, 0.3) is 0 Å². The molecule has 0 spiro atoms. The van der Waals surface area contributed by atoms with Crippen LogP contribution in [0.2, 0.25) is 0 Å². The van der Waals surface area contributed by atoms with E-state index in [-0.39, 0.29) is 30.7 Å². The Bertz CT molecular complexity index is 1310. The maximum absolute atomic E-state index is 14.0. The first-order chi connectivity index (χ1) is 21.0. The highest BCUT2D eigenvalue weighted by atomic mass is 32.2. The number of nitrogens with zero attached hydrogens (tertiary/aromatic N) is 1. The van der Waals surface area contributed by atoms with Gasteiger partial charge in [-0.05, 0) is 84.1 Å². The van der Waals surface area contributed by atoms with Crippen LogP contribution in [0.3, 0.4) is 0 Å². The Kier molecular flexibility index (Phi) is 11.1. The summed E-state index contributed by atoms with van der Waals surface area (Å²) in [6.07, 6.45) is 6.95. The Labute approximate surface area is 269 Å². The van der Waals surface area contributed by atoms with E-state index < -0.39 is 50.3 Å². The van der Waals surface area contributed by atoms with Crippen molar-refractivity contribution in [2.24, 2.45) is 17.8 Å². The highest BCUT2D eigenvalue weighted by molar-refractivity contribution is 7.92. The summed E-state index contributed by atoms with van der Waals surface area (Å²) in [6.45, 7) is 9.60. The molecule has 45 heavy (non-hydrogen) atoms. The molecule has 1 aromatic carbocycles. The third kappa shape index (κ3) is 9.29. The zero-order valence-corrected chi connectivity index (χ0v) is 28.7. The summed E-state index contributed by atoms with van der Waals surface area (Å²) >= 11 is 0. The molecule has 3 aliphatic rings. The number of aliphatic hydroxyl groups is 1. The van der Waals surface area contributed by atoms with Crippen molar-refractivity contribution < 1.29 is 27.9 Å². The maximum Gasteiger partial charge on any atom is 0.244 e. The fourth-order valence-electron chi connectivity index (χ4n) is 6.79. The van der Waals surface area contributed by atoms with Crippen LogP contribution in [-0.2, 0) is 30.6 Å². The van der Waals surface area contributed by atoms with Crippen molar-refractivity contribution in [3.05, 3.63) is 35.9 Å². The molecule has 1 aromatic rings. The van der Waals surface area contributed by atoms with Crippen LogP contribution in [-0.4, -0.2) is 90.0 Å². The second-order valence-corrected chi connectivity index (χ2v) is 17.8. The minimum Gasteiger partial charge on any atom is -0.390 e. The number of aliphatic hydroxyl groups excluding tert-OH is 1. The van der Waals surface area contributed by atoms with Gasteiger partial charge in [-0.2, -0.15) is 0 Å². The van der Waals surface area contributed by atoms with Gasteiger partial charge in [-0.25, -0.2) is 8.42 Å². The molecule has 2 saturated carbocycles. The standard InChI is InChI=1S/C34H54N4O6S/c1-33(2,3)37-31(41)27-19-24-14-10-11-15-25(24)20-38(27)21-28(39)26(18-22-12-8-7-9-13-22)35-32(42)29(34(4,5)45(6,43)44)36-30(40)23-16-17-23/h7-9,12-13,23-29,39H,10-11,14-21H2,1-6H3,(H,35,42)(H,36,40)(H,37,41)/t24?,25?,26-,27-,28+,29+/m0/s1. The van der Waals surface area contributed by atoms with Gasteiger partial charge in [-0.15, -0.1) is 0 Å². The van der Waals surface area contributed by atoms with E-state index in [9.17, 15) is 27.9 Å². The largest absolute Gasteiger partial charge is 0.390 e. The van der Waals surface area contributed by atoms with E-state index in [0.717, 1.165) is 37.5 Å². The Hall–Kier alpha value is -2.50. The normalized spacial score (nSPS) is 24.9. The molecule has 4 rings (SSSR count). The molecule has 1 heterocycles. The fourth-order valence-corrected chi connectivity index (χ4v) is 7.38. The zero-order valence-electron chi connectivity index (χ0n) is 27.8. The van der Waals surface area contributed by atoms with Crippen molar-refractivity contribution in [2.45, 2.75) is 121 Å². The predicted molar refractivity (Wildman–Crippen MR) is 175 cm³/mol. The number of hydrogen-bond donors (Lipinski definition) is 4. The quantitative estimate of drug-likeness (QED) is 0.273. The monoisotopic (exact) mass is 646 g/mol. The second-order valence-electron chi connectivity index (χ2n) is 15.2. The number of nitrogens with one attached hydrogen (secondary N) is 3. The lowest BCUT2D eigenvalue weighted by atomic mass is 9.72. The van der Waals surface area contributed by atoms with Crippen molar-refractivity contribution in [1.29, 1.82) is 0 Å². The molecule has 252 valence electrons. The molecule has 0 aromatic heterocycles. The zero-order chi connectivity index (χ0) is 33.2. The smallest absolute Gasteiger partial charge is 0.244 e. The molecule has 1 saturated heterocycles. The molecule has 1 aliphatic heterocycles. The lowest BCUT2D eigenvalue weighted by Crippen LogP contribution is -2.64. The van der Waals surface area contributed by atoms with Gasteiger partial charge in [0.2, 0.25) is 17.7 Å². The molecule has 4 N–H and O–H groups in total. The topological polar surface area (TPSA) is 145 Å². The minimum atomic E-state index is -3.77. The Morgan fingerprint density at radius 2 is 1.56 bits per heavy atom. The van der Waals surface area contributed by atoms with Gasteiger partial charge >= 0.3 is 0 Å². The number of amides is 3. The Morgan fingerprint density at radius 3 is 2.13 bits per heavy atom. The van der Waals surface area contributed by atoms with E-state index in [2.05, 4.69) is 20.9 Å². The molecule has 11 heteroatoms. The number of sulfone groups is 1. The summed E-state index contributed by atoms with van der Waals surface area (Å²) in [5.41, 5.74) is 0.483. The van der Waals surface area contributed by atoms with Crippen LogP contribution in [0, 0.1) is 17.8 Å². The Morgan fingerprint density at radius 1 is 0.933 bits per heavy atom. The average molecular weight is 647 g/mol. The van der Waals surface area contributed by atoms with E-state index >= 15 is 0 Å². The number of β-amino-alcohol motifs (C(OH)–C–C–N with tert-alkyl or cyclic N) is 1. The number of carbonyl (C=O) groups is 3. The third-order valence-corrected chi connectivity index (χ3v) is 12.1. The number of benzene rings is 1. The molecular formula is C34H54N4O6S. The fraction of sp³-hybridized carbons (Fsp3) is 0.735. The molecule has 0 radical (unpaired) electrons. The summed E-state index contributed by atoms with van der Waals surface area (Å²) in [7, 11) is -3.77. The number of hydrogen-bond acceptors (Lipinski definition) is 7. The SMILES string of the molecule is CC(C)(C)NC(=O)[C@@H]1CC2CCCCC2CN1C[C@@H](O)[C@H](Cc1ccccc1)NC(=O)[C@@H](NC(=O)C1CC1)C(C)(C)S(C)(=O)=O. The van der Waals surface area contributed by atoms with Gasteiger partial charge in [-0.3, -0.25) is 19.3 Å². The summed E-state index contributed by atoms with van der Waals surface area (Å²) in [4.78, 5) is 42.4. The maximum atomic E-state index is 14.0. The van der Waals surface area contributed by atoms with Crippen molar-refractivity contribution in [3.63, 3.8) is 0 Å². The number of piperidine rings is 1. The van der Waals surface area contributed by atoms with Gasteiger partial charge in [0, 0.05) is 30.8 Å². The third-order valence-electron chi connectivity index (χ3n) is 9.96. The molecule has 6 atom stereocenters. The van der Waals surface area contributed by atoms with Crippen LogP contribution in [0.5, 0.6) is 0 Å². The van der Waals surface area contributed by atoms with E-state index in [1.165, 1.54) is 20.3 Å². The first-order valence-corrected chi connectivity index (χ1v) is 18.4. The lowest BCUT2D eigenvalue weighted by molar-refractivity contribution is -0.133. The highest BCUT2D eigenvalue weighted by Crippen LogP contribution is 2.39. The van der Waals surface area contributed by atoms with Crippen molar-refractivity contribution in [1.82, 2.24) is 20.9 Å².